The molecule has 6 heteroatoms. The van der Waals surface area contributed by atoms with Gasteiger partial charge in [-0.25, -0.2) is 14.6 Å². The van der Waals surface area contributed by atoms with Crippen LogP contribution in [0.3, 0.4) is 0 Å². The molecule has 0 aliphatic rings. The monoisotopic (exact) mass is 261 g/mol. The summed E-state index contributed by atoms with van der Waals surface area (Å²) in [5.74, 6) is 1.27. The molecule has 0 saturated carbocycles. The maximum atomic E-state index is 6.13. The summed E-state index contributed by atoms with van der Waals surface area (Å²) in [4.78, 5) is 8.39. The van der Waals surface area contributed by atoms with Crippen LogP contribution in [0.2, 0.25) is 0 Å². The molecule has 0 aliphatic carbocycles. The van der Waals surface area contributed by atoms with Gasteiger partial charge in [-0.05, 0) is 19.8 Å². The Kier molecular flexibility index (Phi) is 3.69. The standard InChI is InChI=1S/C13H19N5O/c1-5-9-11(14)10(6-2)18(17-9)12-8(3)13(19-4)16-7-15-12/h7H,5-6,14H2,1-4H3. The molecule has 0 spiro atoms. The Labute approximate surface area is 112 Å². The van der Waals surface area contributed by atoms with Gasteiger partial charge in [-0.2, -0.15) is 5.10 Å². The van der Waals surface area contributed by atoms with Crippen molar-refractivity contribution in [3.8, 4) is 11.7 Å². The third kappa shape index (κ3) is 2.14. The average Bonchev–Trinajstić information content (AvgIpc) is 2.75. The van der Waals surface area contributed by atoms with E-state index in [1.54, 1.807) is 11.8 Å². The fourth-order valence-electron chi connectivity index (χ4n) is 2.14. The van der Waals surface area contributed by atoms with E-state index in [-0.39, 0.29) is 0 Å². The zero-order chi connectivity index (χ0) is 14.0. The molecule has 0 aliphatic heterocycles. The quantitative estimate of drug-likeness (QED) is 0.906. The fraction of sp³-hybridized carbons (Fsp3) is 0.462. The summed E-state index contributed by atoms with van der Waals surface area (Å²) in [6.45, 7) is 6.00. The highest BCUT2D eigenvalue weighted by molar-refractivity contribution is 5.52. The number of nitrogens with zero attached hydrogens (tertiary/aromatic N) is 4. The minimum absolute atomic E-state index is 0.555. The van der Waals surface area contributed by atoms with E-state index in [4.69, 9.17) is 10.5 Å². The maximum absolute atomic E-state index is 6.13. The number of aromatic nitrogens is 4. The molecule has 2 heterocycles. The van der Waals surface area contributed by atoms with Crippen molar-refractivity contribution in [3.63, 3.8) is 0 Å². The third-order valence-corrected chi connectivity index (χ3v) is 3.17. The molecule has 0 unspecified atom stereocenters. The molecule has 2 rings (SSSR count). The second-order valence-corrected chi connectivity index (χ2v) is 4.26. The van der Waals surface area contributed by atoms with Gasteiger partial charge in [0.15, 0.2) is 5.82 Å². The summed E-state index contributed by atoms with van der Waals surface area (Å²) in [6.07, 6.45) is 3.07. The number of rotatable bonds is 4. The van der Waals surface area contributed by atoms with Crippen LogP contribution in [0.5, 0.6) is 5.88 Å². The number of hydrogen-bond acceptors (Lipinski definition) is 5. The van der Waals surface area contributed by atoms with Crippen LogP contribution in [-0.2, 0) is 12.8 Å². The van der Waals surface area contributed by atoms with E-state index in [2.05, 4.69) is 22.0 Å². The molecule has 0 atom stereocenters. The van der Waals surface area contributed by atoms with Gasteiger partial charge in [0.25, 0.3) is 0 Å². The number of ether oxygens (including phenoxy) is 1. The Balaban J connectivity index is 2.65. The SMILES string of the molecule is CCc1nn(-c2ncnc(OC)c2C)c(CC)c1N. The number of nitrogen functional groups attached to an aromatic ring is 1. The summed E-state index contributed by atoms with van der Waals surface area (Å²) in [7, 11) is 1.59. The molecular formula is C13H19N5O. The lowest BCUT2D eigenvalue weighted by Crippen LogP contribution is -2.08. The van der Waals surface area contributed by atoms with E-state index in [0.717, 1.165) is 41.3 Å². The van der Waals surface area contributed by atoms with E-state index in [1.807, 2.05) is 13.8 Å². The van der Waals surface area contributed by atoms with E-state index < -0.39 is 0 Å². The molecule has 2 aromatic heterocycles. The van der Waals surface area contributed by atoms with Crippen LogP contribution < -0.4 is 10.5 Å². The second-order valence-electron chi connectivity index (χ2n) is 4.26. The van der Waals surface area contributed by atoms with Gasteiger partial charge < -0.3 is 10.5 Å². The van der Waals surface area contributed by atoms with Crippen molar-refractivity contribution in [3.05, 3.63) is 23.3 Å². The van der Waals surface area contributed by atoms with Crippen LogP contribution in [0.1, 0.15) is 30.8 Å². The highest BCUT2D eigenvalue weighted by Crippen LogP contribution is 2.25. The Morgan fingerprint density at radius 3 is 2.58 bits per heavy atom. The van der Waals surface area contributed by atoms with Crippen molar-refractivity contribution in [2.75, 3.05) is 12.8 Å². The normalized spacial score (nSPS) is 10.7. The number of methoxy groups -OCH3 is 1. The highest BCUT2D eigenvalue weighted by atomic mass is 16.5. The van der Waals surface area contributed by atoms with E-state index in [9.17, 15) is 0 Å². The summed E-state index contributed by atoms with van der Waals surface area (Å²) in [5.41, 5.74) is 9.60. The molecule has 6 nitrogen and oxygen atoms in total. The molecule has 19 heavy (non-hydrogen) atoms. The van der Waals surface area contributed by atoms with Gasteiger partial charge in [0.05, 0.1) is 29.7 Å². The van der Waals surface area contributed by atoms with Gasteiger partial charge in [-0.15, -0.1) is 0 Å². The number of anilines is 1. The van der Waals surface area contributed by atoms with Crippen molar-refractivity contribution in [2.24, 2.45) is 0 Å². The lowest BCUT2D eigenvalue weighted by atomic mass is 10.2. The van der Waals surface area contributed by atoms with Crippen LogP contribution >= 0.6 is 0 Å². The first-order valence-corrected chi connectivity index (χ1v) is 6.36. The molecule has 0 aromatic carbocycles. The molecular weight excluding hydrogens is 242 g/mol. The van der Waals surface area contributed by atoms with Crippen LogP contribution in [0, 0.1) is 6.92 Å². The summed E-state index contributed by atoms with van der Waals surface area (Å²) >= 11 is 0. The number of nitrogens with two attached hydrogens (primary N) is 1. The van der Waals surface area contributed by atoms with Gasteiger partial charge in [0.1, 0.15) is 6.33 Å². The average molecular weight is 261 g/mol. The van der Waals surface area contributed by atoms with Gasteiger partial charge in [-0.3, -0.25) is 0 Å². The largest absolute Gasteiger partial charge is 0.481 e. The van der Waals surface area contributed by atoms with E-state index in [0.29, 0.717) is 5.88 Å². The van der Waals surface area contributed by atoms with Gasteiger partial charge in [0.2, 0.25) is 5.88 Å². The van der Waals surface area contributed by atoms with Gasteiger partial charge in [-0.1, -0.05) is 13.8 Å². The predicted molar refractivity (Wildman–Crippen MR) is 73.6 cm³/mol. The molecule has 2 N–H and O–H groups in total. The first-order chi connectivity index (χ1) is 9.13. The van der Waals surface area contributed by atoms with Crippen molar-refractivity contribution < 1.29 is 4.74 Å². The molecule has 0 amide bonds. The first-order valence-electron chi connectivity index (χ1n) is 6.36. The zero-order valence-electron chi connectivity index (χ0n) is 11.8. The molecule has 2 aromatic rings. The van der Waals surface area contributed by atoms with Crippen molar-refractivity contribution in [1.82, 2.24) is 19.7 Å². The van der Waals surface area contributed by atoms with Crippen LogP contribution in [0.15, 0.2) is 6.33 Å². The van der Waals surface area contributed by atoms with Crippen molar-refractivity contribution in [1.29, 1.82) is 0 Å². The minimum Gasteiger partial charge on any atom is -0.481 e. The van der Waals surface area contributed by atoms with E-state index >= 15 is 0 Å². The molecule has 0 radical (unpaired) electrons. The first kappa shape index (κ1) is 13.3. The molecule has 0 fully saturated rings. The summed E-state index contributed by atoms with van der Waals surface area (Å²) in [6, 6.07) is 0. The lowest BCUT2D eigenvalue weighted by molar-refractivity contribution is 0.392. The maximum Gasteiger partial charge on any atom is 0.221 e. The predicted octanol–water partition coefficient (Wildman–Crippen LogP) is 1.69. The fourth-order valence-corrected chi connectivity index (χ4v) is 2.14. The van der Waals surface area contributed by atoms with E-state index in [1.165, 1.54) is 6.33 Å². The Morgan fingerprint density at radius 2 is 2.00 bits per heavy atom. The second kappa shape index (κ2) is 5.26. The highest BCUT2D eigenvalue weighted by Gasteiger charge is 2.18. The smallest absolute Gasteiger partial charge is 0.221 e. The molecule has 0 saturated heterocycles. The van der Waals surface area contributed by atoms with Crippen LogP contribution in [0.25, 0.3) is 5.82 Å². The van der Waals surface area contributed by atoms with Crippen molar-refractivity contribution >= 4 is 5.69 Å². The zero-order valence-corrected chi connectivity index (χ0v) is 11.8. The van der Waals surface area contributed by atoms with Crippen LogP contribution in [0.4, 0.5) is 5.69 Å². The Morgan fingerprint density at radius 1 is 1.26 bits per heavy atom. The van der Waals surface area contributed by atoms with Crippen LogP contribution in [-0.4, -0.2) is 26.9 Å². The Bertz CT molecular complexity index is 591. The minimum atomic E-state index is 0.555. The van der Waals surface area contributed by atoms with Crippen molar-refractivity contribution in [2.45, 2.75) is 33.6 Å². The number of aryl methyl sites for hydroxylation is 1. The Hall–Kier alpha value is -2.11. The molecule has 102 valence electrons. The summed E-state index contributed by atoms with van der Waals surface area (Å²) < 4.78 is 7.02. The summed E-state index contributed by atoms with van der Waals surface area (Å²) in [5, 5.41) is 4.55. The topological polar surface area (TPSA) is 78.8 Å². The third-order valence-electron chi connectivity index (χ3n) is 3.17. The van der Waals surface area contributed by atoms with Gasteiger partial charge in [0, 0.05) is 0 Å². The molecule has 0 bridgehead atoms. The van der Waals surface area contributed by atoms with Gasteiger partial charge >= 0.3 is 0 Å². The lowest BCUT2D eigenvalue weighted by Gasteiger charge is -2.10. The number of hydrogen-bond donors (Lipinski definition) is 1.